The quantitative estimate of drug-likeness (QED) is 0.395. The van der Waals surface area contributed by atoms with Gasteiger partial charge in [0.15, 0.2) is 5.76 Å². The number of carbonyl (C=O) groups excluding carboxylic acids is 1. The van der Waals surface area contributed by atoms with Crippen molar-refractivity contribution < 1.29 is 22.4 Å². The van der Waals surface area contributed by atoms with Crippen molar-refractivity contribution in [3.05, 3.63) is 94.1 Å². The highest BCUT2D eigenvalue weighted by molar-refractivity contribution is 6.31. The number of aryl methyl sites for hydroxylation is 1. The van der Waals surface area contributed by atoms with Crippen LogP contribution >= 0.6 is 11.6 Å². The summed E-state index contributed by atoms with van der Waals surface area (Å²) in [7, 11) is 0. The SMILES string of the molecule is Cc1c(C(=O)N(Cc2ccco2)Cc2c(F)cccc2Cl)oc2ccc(F)cc12. The smallest absolute Gasteiger partial charge is 0.290 e. The molecule has 0 atom stereocenters. The van der Waals surface area contributed by atoms with Crippen molar-refractivity contribution in [3.63, 3.8) is 0 Å². The number of hydrogen-bond donors (Lipinski definition) is 0. The predicted molar refractivity (Wildman–Crippen MR) is 105 cm³/mol. The second-order valence-electron chi connectivity index (χ2n) is 6.64. The van der Waals surface area contributed by atoms with E-state index in [9.17, 15) is 13.6 Å². The van der Waals surface area contributed by atoms with E-state index in [1.54, 1.807) is 25.1 Å². The number of benzene rings is 2. The van der Waals surface area contributed by atoms with Gasteiger partial charge in [-0.3, -0.25) is 4.79 Å². The molecule has 4 nitrogen and oxygen atoms in total. The maximum atomic E-state index is 14.3. The van der Waals surface area contributed by atoms with Gasteiger partial charge in [0.05, 0.1) is 19.4 Å². The van der Waals surface area contributed by atoms with Gasteiger partial charge in [-0.25, -0.2) is 8.78 Å². The Labute approximate surface area is 170 Å². The summed E-state index contributed by atoms with van der Waals surface area (Å²) in [5.74, 6) is -0.839. The van der Waals surface area contributed by atoms with E-state index in [4.69, 9.17) is 20.4 Å². The summed E-state index contributed by atoms with van der Waals surface area (Å²) in [5, 5.41) is 0.723. The van der Waals surface area contributed by atoms with Crippen molar-refractivity contribution in [2.45, 2.75) is 20.0 Å². The van der Waals surface area contributed by atoms with Crippen LogP contribution in [0.4, 0.5) is 8.78 Å². The Bertz CT molecular complexity index is 1160. The van der Waals surface area contributed by atoms with Crippen molar-refractivity contribution in [3.8, 4) is 0 Å². The summed E-state index contributed by atoms with van der Waals surface area (Å²) in [6.07, 6.45) is 1.49. The Morgan fingerprint density at radius 2 is 1.93 bits per heavy atom. The first-order valence-electron chi connectivity index (χ1n) is 8.87. The van der Waals surface area contributed by atoms with Crippen molar-refractivity contribution in [1.29, 1.82) is 0 Å². The Balaban J connectivity index is 1.74. The van der Waals surface area contributed by atoms with Gasteiger partial charge in [-0.15, -0.1) is 0 Å². The molecule has 0 saturated carbocycles. The Morgan fingerprint density at radius 1 is 1.10 bits per heavy atom. The Hall–Kier alpha value is -3.12. The first-order valence-corrected chi connectivity index (χ1v) is 9.25. The topological polar surface area (TPSA) is 46.6 Å². The largest absolute Gasteiger partial charge is 0.467 e. The number of nitrogens with zero attached hydrogens (tertiary/aromatic N) is 1. The molecule has 2 aromatic carbocycles. The highest BCUT2D eigenvalue weighted by Gasteiger charge is 2.26. The third-order valence-corrected chi connectivity index (χ3v) is 5.07. The van der Waals surface area contributed by atoms with Crippen molar-refractivity contribution in [2.75, 3.05) is 0 Å². The predicted octanol–water partition coefficient (Wildman–Crippen LogP) is 6.11. The summed E-state index contributed by atoms with van der Waals surface area (Å²) in [6, 6.07) is 11.8. The van der Waals surface area contributed by atoms with Crippen LogP contribution in [0.25, 0.3) is 11.0 Å². The lowest BCUT2D eigenvalue weighted by Crippen LogP contribution is -2.30. The number of fused-ring (bicyclic) bond motifs is 1. The van der Waals surface area contributed by atoms with Gasteiger partial charge in [-0.1, -0.05) is 17.7 Å². The summed E-state index contributed by atoms with van der Waals surface area (Å²) < 4.78 is 39.0. The van der Waals surface area contributed by atoms with Gasteiger partial charge in [0, 0.05) is 21.5 Å². The first-order chi connectivity index (χ1) is 13.9. The lowest BCUT2D eigenvalue weighted by atomic mass is 10.1. The van der Waals surface area contributed by atoms with Crippen LogP contribution < -0.4 is 0 Å². The molecule has 0 aliphatic carbocycles. The third-order valence-electron chi connectivity index (χ3n) is 4.72. The van der Waals surface area contributed by atoms with E-state index in [-0.39, 0.29) is 29.4 Å². The zero-order valence-electron chi connectivity index (χ0n) is 15.4. The second kappa shape index (κ2) is 7.72. The number of hydrogen-bond acceptors (Lipinski definition) is 3. The maximum Gasteiger partial charge on any atom is 0.290 e. The molecule has 2 heterocycles. The summed E-state index contributed by atoms with van der Waals surface area (Å²) in [5.41, 5.74) is 1.09. The highest BCUT2D eigenvalue weighted by Crippen LogP contribution is 2.29. The van der Waals surface area contributed by atoms with E-state index < -0.39 is 17.5 Å². The van der Waals surface area contributed by atoms with Gasteiger partial charge in [0.1, 0.15) is 23.0 Å². The summed E-state index contributed by atoms with van der Waals surface area (Å²) in [6.45, 7) is 1.68. The van der Waals surface area contributed by atoms with Crippen LogP contribution in [0.3, 0.4) is 0 Å². The minimum absolute atomic E-state index is 0.0598. The van der Waals surface area contributed by atoms with Gasteiger partial charge in [-0.2, -0.15) is 0 Å². The zero-order valence-corrected chi connectivity index (χ0v) is 16.2. The highest BCUT2D eigenvalue weighted by atomic mass is 35.5. The van der Waals surface area contributed by atoms with E-state index in [0.29, 0.717) is 22.3 Å². The molecule has 29 heavy (non-hydrogen) atoms. The molecule has 0 bridgehead atoms. The lowest BCUT2D eigenvalue weighted by molar-refractivity contribution is 0.0685. The third kappa shape index (κ3) is 3.76. The zero-order chi connectivity index (χ0) is 20.5. The van der Waals surface area contributed by atoms with E-state index in [1.165, 1.54) is 41.5 Å². The van der Waals surface area contributed by atoms with Crippen LogP contribution in [0.5, 0.6) is 0 Å². The molecule has 1 amide bonds. The van der Waals surface area contributed by atoms with Crippen molar-refractivity contribution >= 4 is 28.5 Å². The molecule has 0 fully saturated rings. The molecular weight excluding hydrogens is 400 g/mol. The van der Waals surface area contributed by atoms with E-state index in [0.717, 1.165) is 0 Å². The minimum atomic E-state index is -0.516. The molecule has 0 saturated heterocycles. The standard InChI is InChI=1S/C22H16ClF2NO3/c1-13-16-10-14(24)7-8-20(16)29-21(13)22(27)26(11-15-4-3-9-28-15)12-17-18(23)5-2-6-19(17)25/h2-10H,11-12H2,1H3. The number of amides is 1. The normalized spacial score (nSPS) is 11.2. The van der Waals surface area contributed by atoms with Crippen LogP contribution in [0.2, 0.25) is 5.02 Å². The van der Waals surface area contributed by atoms with E-state index in [2.05, 4.69) is 0 Å². The summed E-state index contributed by atoms with van der Waals surface area (Å²) in [4.78, 5) is 14.7. The Morgan fingerprint density at radius 3 is 2.66 bits per heavy atom. The fraction of sp³-hybridized carbons (Fsp3) is 0.136. The van der Waals surface area contributed by atoms with Crippen LogP contribution in [0.15, 0.2) is 63.6 Å². The molecule has 7 heteroatoms. The first kappa shape index (κ1) is 19.2. The Kier molecular flexibility index (Phi) is 5.11. The van der Waals surface area contributed by atoms with Gasteiger partial charge in [0.25, 0.3) is 5.91 Å². The molecule has 148 valence electrons. The number of furan rings is 2. The van der Waals surface area contributed by atoms with Crippen LogP contribution in [0, 0.1) is 18.6 Å². The molecule has 0 N–H and O–H groups in total. The van der Waals surface area contributed by atoms with Crippen LogP contribution in [0.1, 0.15) is 27.4 Å². The van der Waals surface area contributed by atoms with Crippen molar-refractivity contribution in [2.24, 2.45) is 0 Å². The second-order valence-corrected chi connectivity index (χ2v) is 7.04. The van der Waals surface area contributed by atoms with E-state index >= 15 is 0 Å². The molecular formula is C22H16ClF2NO3. The molecule has 0 aliphatic rings. The molecule has 0 radical (unpaired) electrons. The number of rotatable bonds is 5. The molecule has 4 aromatic rings. The number of carbonyl (C=O) groups is 1. The monoisotopic (exact) mass is 415 g/mol. The average Bonchev–Trinajstić information content (AvgIpc) is 3.31. The molecule has 0 unspecified atom stereocenters. The van der Waals surface area contributed by atoms with Gasteiger partial charge < -0.3 is 13.7 Å². The molecule has 0 aliphatic heterocycles. The summed E-state index contributed by atoms with van der Waals surface area (Å²) >= 11 is 6.15. The number of halogens is 3. The fourth-order valence-corrected chi connectivity index (χ4v) is 3.43. The molecule has 0 spiro atoms. The molecule has 2 aromatic heterocycles. The van der Waals surface area contributed by atoms with Gasteiger partial charge >= 0.3 is 0 Å². The van der Waals surface area contributed by atoms with E-state index in [1.807, 2.05) is 0 Å². The van der Waals surface area contributed by atoms with Crippen molar-refractivity contribution in [1.82, 2.24) is 4.90 Å². The van der Waals surface area contributed by atoms with Crippen LogP contribution in [-0.2, 0) is 13.1 Å². The minimum Gasteiger partial charge on any atom is -0.467 e. The molecule has 4 rings (SSSR count). The van der Waals surface area contributed by atoms with Gasteiger partial charge in [0.2, 0.25) is 0 Å². The van der Waals surface area contributed by atoms with Crippen LogP contribution in [-0.4, -0.2) is 10.8 Å². The maximum absolute atomic E-state index is 14.3. The lowest BCUT2D eigenvalue weighted by Gasteiger charge is -2.22. The van der Waals surface area contributed by atoms with Gasteiger partial charge in [-0.05, 0) is 49.4 Å². The fourth-order valence-electron chi connectivity index (χ4n) is 3.21. The average molecular weight is 416 g/mol.